The lowest BCUT2D eigenvalue weighted by Crippen LogP contribution is -2.41. The summed E-state index contributed by atoms with van der Waals surface area (Å²) in [4.78, 5) is 23.5. The molecule has 1 saturated carbocycles. The molecule has 1 atom stereocenters. The van der Waals surface area contributed by atoms with Crippen LogP contribution >= 0.6 is 11.6 Å². The summed E-state index contributed by atoms with van der Waals surface area (Å²) >= 11 is 5.83. The molecule has 0 aliphatic heterocycles. The zero-order valence-electron chi connectivity index (χ0n) is 11.9. The van der Waals surface area contributed by atoms with Crippen LogP contribution < -0.4 is 15.8 Å². The Balaban J connectivity index is 2.03. The van der Waals surface area contributed by atoms with Gasteiger partial charge < -0.3 is 15.8 Å². The third-order valence-electron chi connectivity index (χ3n) is 3.58. The molecule has 0 spiro atoms. The van der Waals surface area contributed by atoms with Crippen molar-refractivity contribution in [2.45, 2.75) is 44.8 Å². The Morgan fingerprint density at radius 3 is 2.67 bits per heavy atom. The fourth-order valence-corrected chi connectivity index (χ4v) is 2.60. The number of hydrogen-bond acceptors (Lipinski definition) is 3. The van der Waals surface area contributed by atoms with Crippen molar-refractivity contribution in [3.05, 3.63) is 28.8 Å². The van der Waals surface area contributed by atoms with Crippen molar-refractivity contribution in [2.24, 2.45) is 5.73 Å². The number of primary amides is 1. The lowest BCUT2D eigenvalue weighted by Gasteiger charge is -2.19. The zero-order chi connectivity index (χ0) is 15.4. The summed E-state index contributed by atoms with van der Waals surface area (Å²) in [7, 11) is 0. The van der Waals surface area contributed by atoms with Gasteiger partial charge in [0, 0.05) is 11.1 Å². The van der Waals surface area contributed by atoms with Crippen molar-refractivity contribution < 1.29 is 14.3 Å². The second-order valence-electron chi connectivity index (χ2n) is 5.25. The highest BCUT2D eigenvalue weighted by Gasteiger charge is 2.22. The quantitative estimate of drug-likeness (QED) is 0.875. The van der Waals surface area contributed by atoms with E-state index >= 15 is 0 Å². The van der Waals surface area contributed by atoms with Gasteiger partial charge in [0.1, 0.15) is 5.75 Å². The van der Waals surface area contributed by atoms with Gasteiger partial charge in [-0.1, -0.05) is 24.4 Å². The second kappa shape index (κ2) is 6.80. The Kier molecular flexibility index (Phi) is 5.07. The summed E-state index contributed by atoms with van der Waals surface area (Å²) in [6, 6.07) is 4.79. The lowest BCUT2D eigenvalue weighted by atomic mass is 10.2. The largest absolute Gasteiger partial charge is 0.480 e. The Morgan fingerprint density at radius 1 is 1.38 bits per heavy atom. The van der Waals surface area contributed by atoms with Gasteiger partial charge in [-0.15, -0.1) is 0 Å². The molecule has 1 aliphatic rings. The minimum absolute atomic E-state index is 0.169. The van der Waals surface area contributed by atoms with E-state index in [2.05, 4.69) is 5.32 Å². The molecule has 1 aliphatic carbocycles. The molecule has 5 nitrogen and oxygen atoms in total. The first-order valence-electron chi connectivity index (χ1n) is 7.03. The van der Waals surface area contributed by atoms with Crippen molar-refractivity contribution in [3.63, 3.8) is 0 Å². The third kappa shape index (κ3) is 4.11. The lowest BCUT2D eigenvalue weighted by molar-refractivity contribution is -0.128. The molecule has 21 heavy (non-hydrogen) atoms. The van der Waals surface area contributed by atoms with Crippen molar-refractivity contribution in [2.75, 3.05) is 0 Å². The van der Waals surface area contributed by atoms with Crippen molar-refractivity contribution in [3.8, 4) is 5.75 Å². The van der Waals surface area contributed by atoms with Crippen molar-refractivity contribution in [1.82, 2.24) is 5.32 Å². The molecule has 0 radical (unpaired) electrons. The number of halogens is 1. The van der Waals surface area contributed by atoms with Crippen LogP contribution in [-0.2, 0) is 4.79 Å². The first-order chi connectivity index (χ1) is 9.97. The number of ether oxygens (including phenoxy) is 1. The number of benzene rings is 1. The maximum Gasteiger partial charge on any atom is 0.260 e. The average Bonchev–Trinajstić information content (AvgIpc) is 2.93. The molecular weight excluding hydrogens is 292 g/mol. The summed E-state index contributed by atoms with van der Waals surface area (Å²) < 4.78 is 5.56. The Bertz CT molecular complexity index is 542. The van der Waals surface area contributed by atoms with Crippen LogP contribution in [0.4, 0.5) is 0 Å². The molecule has 3 N–H and O–H groups in total. The van der Waals surface area contributed by atoms with E-state index < -0.39 is 12.0 Å². The Labute approximate surface area is 128 Å². The number of rotatable bonds is 5. The average molecular weight is 311 g/mol. The standard InChI is InChI=1S/C15H19ClN2O3/c1-9(15(20)18-11-4-2-3-5-11)21-13-7-6-10(16)8-12(13)14(17)19/h6-9,11H,2-5H2,1H3,(H2,17,19)(H,18,20)/t9-/m1/s1. The minimum Gasteiger partial charge on any atom is -0.480 e. The number of carbonyl (C=O) groups is 2. The van der Waals surface area contributed by atoms with E-state index in [-0.39, 0.29) is 23.3 Å². The normalized spacial score (nSPS) is 16.5. The molecule has 1 aromatic rings. The van der Waals surface area contributed by atoms with Crippen molar-refractivity contribution >= 4 is 23.4 Å². The van der Waals surface area contributed by atoms with Gasteiger partial charge in [-0.2, -0.15) is 0 Å². The number of nitrogens with one attached hydrogen (secondary N) is 1. The molecule has 1 aromatic carbocycles. The van der Waals surface area contributed by atoms with Gasteiger partial charge >= 0.3 is 0 Å². The van der Waals surface area contributed by atoms with Crippen LogP contribution in [0.2, 0.25) is 5.02 Å². The van der Waals surface area contributed by atoms with Crippen LogP contribution in [0.5, 0.6) is 5.75 Å². The number of nitrogens with two attached hydrogens (primary N) is 1. The highest BCUT2D eigenvalue weighted by Crippen LogP contribution is 2.24. The SMILES string of the molecule is C[C@@H](Oc1ccc(Cl)cc1C(N)=O)C(=O)NC1CCCC1. The number of carbonyl (C=O) groups excluding carboxylic acids is 2. The molecule has 0 bridgehead atoms. The summed E-state index contributed by atoms with van der Waals surface area (Å²) in [5, 5.41) is 3.34. The molecule has 2 amide bonds. The van der Waals surface area contributed by atoms with E-state index in [1.165, 1.54) is 6.07 Å². The predicted molar refractivity (Wildman–Crippen MR) is 80.5 cm³/mol. The van der Waals surface area contributed by atoms with Crippen LogP contribution in [0.15, 0.2) is 18.2 Å². The fourth-order valence-electron chi connectivity index (χ4n) is 2.43. The summed E-state index contributed by atoms with van der Waals surface area (Å²) in [5.41, 5.74) is 5.46. The Hall–Kier alpha value is -1.75. The van der Waals surface area contributed by atoms with Gasteiger partial charge in [-0.25, -0.2) is 0 Å². The fraction of sp³-hybridized carbons (Fsp3) is 0.467. The summed E-state index contributed by atoms with van der Waals surface area (Å²) in [6.45, 7) is 1.64. The van der Waals surface area contributed by atoms with Crippen molar-refractivity contribution in [1.29, 1.82) is 0 Å². The van der Waals surface area contributed by atoms with Gasteiger partial charge in [0.25, 0.3) is 11.8 Å². The topological polar surface area (TPSA) is 81.4 Å². The molecule has 0 aromatic heterocycles. The zero-order valence-corrected chi connectivity index (χ0v) is 12.7. The van der Waals surface area contributed by atoms with Crippen LogP contribution in [0.1, 0.15) is 43.0 Å². The first-order valence-corrected chi connectivity index (χ1v) is 7.41. The summed E-state index contributed by atoms with van der Waals surface area (Å²) in [6.07, 6.45) is 3.59. The first kappa shape index (κ1) is 15.6. The number of amides is 2. The maximum atomic E-state index is 12.1. The Morgan fingerprint density at radius 2 is 2.05 bits per heavy atom. The number of hydrogen-bond donors (Lipinski definition) is 2. The van der Waals surface area contributed by atoms with Gasteiger partial charge in [0.05, 0.1) is 5.56 Å². The predicted octanol–water partition coefficient (Wildman–Crippen LogP) is 2.26. The van der Waals surface area contributed by atoms with Gasteiger partial charge in [0.2, 0.25) is 0 Å². The molecular formula is C15H19ClN2O3. The van der Waals surface area contributed by atoms with E-state index in [9.17, 15) is 9.59 Å². The van der Waals surface area contributed by atoms with Gasteiger partial charge in [0.15, 0.2) is 6.10 Å². The van der Waals surface area contributed by atoms with Crippen LogP contribution in [0, 0.1) is 0 Å². The van der Waals surface area contributed by atoms with Gasteiger partial charge in [-0.05, 0) is 38.0 Å². The highest BCUT2D eigenvalue weighted by atomic mass is 35.5. The van der Waals surface area contributed by atoms with Crippen LogP contribution in [0.25, 0.3) is 0 Å². The molecule has 114 valence electrons. The monoisotopic (exact) mass is 310 g/mol. The van der Waals surface area contributed by atoms with Crippen LogP contribution in [-0.4, -0.2) is 24.0 Å². The van der Waals surface area contributed by atoms with Gasteiger partial charge in [-0.3, -0.25) is 9.59 Å². The third-order valence-corrected chi connectivity index (χ3v) is 3.82. The molecule has 6 heteroatoms. The summed E-state index contributed by atoms with van der Waals surface area (Å²) in [5.74, 6) is -0.566. The van der Waals surface area contributed by atoms with E-state index in [4.69, 9.17) is 22.1 Å². The molecule has 2 rings (SSSR count). The van der Waals surface area contributed by atoms with E-state index in [1.807, 2.05) is 0 Å². The smallest absolute Gasteiger partial charge is 0.260 e. The highest BCUT2D eigenvalue weighted by molar-refractivity contribution is 6.31. The molecule has 0 saturated heterocycles. The van der Waals surface area contributed by atoms with E-state index in [1.54, 1.807) is 19.1 Å². The minimum atomic E-state index is -0.704. The van der Waals surface area contributed by atoms with E-state index in [0.717, 1.165) is 25.7 Å². The second-order valence-corrected chi connectivity index (χ2v) is 5.69. The molecule has 0 heterocycles. The molecule has 1 fully saturated rings. The van der Waals surface area contributed by atoms with E-state index in [0.29, 0.717) is 5.02 Å². The van der Waals surface area contributed by atoms with Crippen LogP contribution in [0.3, 0.4) is 0 Å². The maximum absolute atomic E-state index is 12.1. The molecule has 0 unspecified atom stereocenters.